The Balaban J connectivity index is 1.93. The molecule has 2 rings (SSSR count). The molecule has 3 N–H and O–H groups in total. The van der Waals surface area contributed by atoms with Gasteiger partial charge in [0, 0.05) is 18.7 Å². The minimum atomic E-state index is -1.03. The largest absolute Gasteiger partial charge is 0.478 e. The standard InChI is InChI=1S/C20H22N2O5/c1-12(17-11-16(20(26)27)8-9-21-17)22-13(2)18(23)7-6-14-4-3-5-15(10-14)19(24)25/h3-5,8-13,22H,6-7H2,1-2H3,(H,24,25)(H,26,27)/t12?,13-/m0/s1. The Kier molecular flexibility index (Phi) is 6.79. The fraction of sp³-hybridized carbons (Fsp3) is 0.300. The van der Waals surface area contributed by atoms with Crippen molar-refractivity contribution in [2.45, 2.75) is 38.8 Å². The molecule has 1 heterocycles. The fourth-order valence-electron chi connectivity index (χ4n) is 2.72. The number of ketones is 1. The molecular formula is C20H22N2O5. The zero-order chi connectivity index (χ0) is 20.0. The van der Waals surface area contributed by atoms with E-state index >= 15 is 0 Å². The van der Waals surface area contributed by atoms with Gasteiger partial charge in [-0.1, -0.05) is 12.1 Å². The quantitative estimate of drug-likeness (QED) is 0.621. The second-order valence-corrected chi connectivity index (χ2v) is 6.36. The first-order chi connectivity index (χ1) is 12.8. The summed E-state index contributed by atoms with van der Waals surface area (Å²) in [6, 6.07) is 8.69. The zero-order valence-corrected chi connectivity index (χ0v) is 15.2. The van der Waals surface area contributed by atoms with Gasteiger partial charge in [0.2, 0.25) is 0 Å². The first-order valence-electron chi connectivity index (χ1n) is 8.58. The van der Waals surface area contributed by atoms with E-state index in [2.05, 4.69) is 10.3 Å². The van der Waals surface area contributed by atoms with E-state index in [-0.39, 0.29) is 29.4 Å². The van der Waals surface area contributed by atoms with E-state index < -0.39 is 18.0 Å². The number of nitrogens with zero attached hydrogens (tertiary/aromatic N) is 1. The fourth-order valence-corrected chi connectivity index (χ4v) is 2.72. The van der Waals surface area contributed by atoms with Crippen molar-refractivity contribution in [3.8, 4) is 0 Å². The highest BCUT2D eigenvalue weighted by atomic mass is 16.4. The maximum atomic E-state index is 12.4. The van der Waals surface area contributed by atoms with Crippen LogP contribution in [0.2, 0.25) is 0 Å². The molecular weight excluding hydrogens is 348 g/mol. The lowest BCUT2D eigenvalue weighted by molar-refractivity contribution is -0.120. The summed E-state index contributed by atoms with van der Waals surface area (Å²) < 4.78 is 0. The van der Waals surface area contributed by atoms with Crippen molar-refractivity contribution in [3.05, 3.63) is 65.0 Å². The number of carboxylic acids is 2. The Morgan fingerprint density at radius 2 is 1.70 bits per heavy atom. The number of pyridine rings is 1. The third-order valence-electron chi connectivity index (χ3n) is 4.29. The van der Waals surface area contributed by atoms with Crippen molar-refractivity contribution in [3.63, 3.8) is 0 Å². The maximum Gasteiger partial charge on any atom is 0.335 e. The van der Waals surface area contributed by atoms with Crippen LogP contribution in [0.1, 0.15) is 58.3 Å². The van der Waals surface area contributed by atoms with Crippen molar-refractivity contribution < 1.29 is 24.6 Å². The van der Waals surface area contributed by atoms with E-state index in [1.165, 1.54) is 24.4 Å². The monoisotopic (exact) mass is 370 g/mol. The number of carbonyl (C=O) groups excluding carboxylic acids is 1. The molecule has 1 unspecified atom stereocenters. The number of aromatic nitrogens is 1. The molecule has 0 fully saturated rings. The molecule has 2 aromatic rings. The van der Waals surface area contributed by atoms with Crippen LogP contribution in [0.25, 0.3) is 0 Å². The average molecular weight is 370 g/mol. The lowest BCUT2D eigenvalue weighted by Gasteiger charge is -2.19. The van der Waals surface area contributed by atoms with Crippen molar-refractivity contribution >= 4 is 17.7 Å². The summed E-state index contributed by atoms with van der Waals surface area (Å²) in [4.78, 5) is 38.6. The third-order valence-corrected chi connectivity index (χ3v) is 4.29. The summed E-state index contributed by atoms with van der Waals surface area (Å²) in [6.07, 6.45) is 2.15. The number of carboxylic acid groups (broad SMARTS) is 2. The van der Waals surface area contributed by atoms with Gasteiger partial charge in [-0.3, -0.25) is 15.1 Å². The van der Waals surface area contributed by atoms with Crippen LogP contribution in [0.3, 0.4) is 0 Å². The van der Waals surface area contributed by atoms with Crippen LogP contribution < -0.4 is 5.32 Å². The Hall–Kier alpha value is -3.06. The molecule has 7 nitrogen and oxygen atoms in total. The smallest absolute Gasteiger partial charge is 0.335 e. The maximum absolute atomic E-state index is 12.4. The summed E-state index contributed by atoms with van der Waals surface area (Å²) >= 11 is 0. The van der Waals surface area contributed by atoms with Crippen molar-refractivity contribution in [2.24, 2.45) is 0 Å². The minimum Gasteiger partial charge on any atom is -0.478 e. The van der Waals surface area contributed by atoms with Gasteiger partial charge in [-0.15, -0.1) is 0 Å². The van der Waals surface area contributed by atoms with Gasteiger partial charge in [0.25, 0.3) is 0 Å². The molecule has 2 atom stereocenters. The molecule has 0 bridgehead atoms. The summed E-state index contributed by atoms with van der Waals surface area (Å²) in [7, 11) is 0. The molecule has 0 radical (unpaired) electrons. The molecule has 0 saturated heterocycles. The van der Waals surface area contributed by atoms with Crippen molar-refractivity contribution in [2.75, 3.05) is 0 Å². The van der Waals surface area contributed by atoms with Gasteiger partial charge in [0.1, 0.15) is 5.78 Å². The number of aryl methyl sites for hydroxylation is 1. The first kappa shape index (κ1) is 20.3. The van der Waals surface area contributed by atoms with Crippen LogP contribution in [-0.2, 0) is 11.2 Å². The van der Waals surface area contributed by atoms with Crippen LogP contribution >= 0.6 is 0 Å². The number of rotatable bonds is 9. The number of nitrogens with one attached hydrogen (secondary N) is 1. The number of hydrogen-bond donors (Lipinski definition) is 3. The lowest BCUT2D eigenvalue weighted by Crippen LogP contribution is -2.36. The second-order valence-electron chi connectivity index (χ2n) is 6.36. The number of carbonyl (C=O) groups is 3. The summed E-state index contributed by atoms with van der Waals surface area (Å²) in [5.41, 5.74) is 1.68. The molecule has 0 aliphatic heterocycles. The Morgan fingerprint density at radius 1 is 1.04 bits per heavy atom. The average Bonchev–Trinajstić information content (AvgIpc) is 2.66. The molecule has 27 heavy (non-hydrogen) atoms. The summed E-state index contributed by atoms with van der Waals surface area (Å²) in [6.45, 7) is 3.56. The highest BCUT2D eigenvalue weighted by Gasteiger charge is 2.18. The molecule has 1 aromatic heterocycles. The molecule has 0 saturated carbocycles. The molecule has 7 heteroatoms. The molecule has 0 amide bonds. The van der Waals surface area contributed by atoms with Crippen molar-refractivity contribution in [1.82, 2.24) is 10.3 Å². The number of benzene rings is 1. The van der Waals surface area contributed by atoms with E-state index in [1.807, 2.05) is 6.92 Å². The van der Waals surface area contributed by atoms with E-state index in [4.69, 9.17) is 10.2 Å². The van der Waals surface area contributed by atoms with Crippen LogP contribution in [0.5, 0.6) is 0 Å². The third kappa shape index (κ3) is 5.72. The highest BCUT2D eigenvalue weighted by molar-refractivity contribution is 5.88. The minimum absolute atomic E-state index is 0.0167. The molecule has 0 aliphatic carbocycles. The van der Waals surface area contributed by atoms with Gasteiger partial charge in [-0.2, -0.15) is 0 Å². The van der Waals surface area contributed by atoms with Gasteiger partial charge < -0.3 is 10.2 Å². The van der Waals surface area contributed by atoms with E-state index in [0.717, 1.165) is 5.56 Å². The van der Waals surface area contributed by atoms with Crippen LogP contribution in [0.15, 0.2) is 42.6 Å². The predicted molar refractivity (Wildman–Crippen MR) is 98.9 cm³/mol. The predicted octanol–water partition coefficient (Wildman–Crippen LogP) is 2.72. The Bertz CT molecular complexity index is 850. The van der Waals surface area contributed by atoms with E-state index in [0.29, 0.717) is 12.1 Å². The Labute approximate surface area is 157 Å². The summed E-state index contributed by atoms with van der Waals surface area (Å²) in [5.74, 6) is -2.04. The van der Waals surface area contributed by atoms with Crippen LogP contribution in [-0.4, -0.2) is 39.0 Å². The van der Waals surface area contributed by atoms with Crippen molar-refractivity contribution in [1.29, 1.82) is 0 Å². The van der Waals surface area contributed by atoms with E-state index in [1.54, 1.807) is 25.1 Å². The van der Waals surface area contributed by atoms with Crippen LogP contribution in [0, 0.1) is 0 Å². The molecule has 0 aliphatic rings. The first-order valence-corrected chi connectivity index (χ1v) is 8.58. The zero-order valence-electron chi connectivity index (χ0n) is 15.2. The summed E-state index contributed by atoms with van der Waals surface area (Å²) in [5, 5.41) is 21.2. The van der Waals surface area contributed by atoms with Gasteiger partial charge in [-0.05, 0) is 50.1 Å². The normalized spacial score (nSPS) is 13.0. The van der Waals surface area contributed by atoms with Crippen LogP contribution in [0.4, 0.5) is 0 Å². The Morgan fingerprint density at radius 3 is 2.37 bits per heavy atom. The van der Waals surface area contributed by atoms with Gasteiger partial charge >= 0.3 is 11.9 Å². The second kappa shape index (κ2) is 9.05. The molecule has 142 valence electrons. The van der Waals surface area contributed by atoms with Gasteiger partial charge in [-0.25, -0.2) is 9.59 Å². The van der Waals surface area contributed by atoms with Gasteiger partial charge in [0.05, 0.1) is 22.9 Å². The number of aromatic carboxylic acids is 2. The molecule has 1 aromatic carbocycles. The highest BCUT2D eigenvalue weighted by Crippen LogP contribution is 2.14. The van der Waals surface area contributed by atoms with E-state index in [9.17, 15) is 14.4 Å². The van der Waals surface area contributed by atoms with Gasteiger partial charge in [0.15, 0.2) is 0 Å². The number of hydrogen-bond acceptors (Lipinski definition) is 5. The number of Topliss-reactive ketones (excluding diaryl/α,β-unsaturated/α-hetero) is 1. The molecule has 0 spiro atoms. The lowest BCUT2D eigenvalue weighted by atomic mass is 10.0. The SMILES string of the molecule is CC(N[C@@H](C)C(=O)CCc1cccc(C(=O)O)c1)c1cc(C(=O)O)ccn1. The topological polar surface area (TPSA) is 117 Å².